The second-order valence-corrected chi connectivity index (χ2v) is 5.51. The lowest BCUT2D eigenvalue weighted by molar-refractivity contribution is 0.144. The smallest absolute Gasteiger partial charge is 0.247 e. The number of anilines is 1. The molecule has 23 heavy (non-hydrogen) atoms. The van der Waals surface area contributed by atoms with Crippen LogP contribution in [0.1, 0.15) is 18.9 Å². The van der Waals surface area contributed by atoms with Crippen LogP contribution in [0.2, 0.25) is 0 Å². The third-order valence-corrected chi connectivity index (χ3v) is 3.94. The van der Waals surface area contributed by atoms with E-state index in [2.05, 4.69) is 27.1 Å². The summed E-state index contributed by atoms with van der Waals surface area (Å²) in [5, 5.41) is 9.07. The van der Waals surface area contributed by atoms with Gasteiger partial charge in [0, 0.05) is 13.7 Å². The zero-order valence-electron chi connectivity index (χ0n) is 13.1. The molecule has 2 aromatic rings. The first-order valence-corrected chi connectivity index (χ1v) is 7.64. The number of hydrogen-bond donors (Lipinski definition) is 2. The Kier molecular flexibility index (Phi) is 4.73. The molecule has 0 unspecified atom stereocenters. The van der Waals surface area contributed by atoms with Crippen molar-refractivity contribution in [1.29, 1.82) is 0 Å². The van der Waals surface area contributed by atoms with Crippen LogP contribution < -0.4 is 10.5 Å². The lowest BCUT2D eigenvalue weighted by Crippen LogP contribution is -2.10. The molecular formula is C15H21N5O3. The maximum Gasteiger partial charge on any atom is 0.247 e. The van der Waals surface area contributed by atoms with Crippen LogP contribution in [0.25, 0.3) is 11.2 Å². The van der Waals surface area contributed by atoms with Crippen molar-refractivity contribution < 1.29 is 14.6 Å². The number of nitrogens with zero attached hydrogens (tertiary/aromatic N) is 4. The number of nitrogens with two attached hydrogens (primary N) is 1. The maximum absolute atomic E-state index is 9.07. The molecule has 1 aliphatic carbocycles. The Balaban J connectivity index is 1.87. The van der Waals surface area contributed by atoms with Crippen molar-refractivity contribution in [2.75, 3.05) is 32.7 Å². The Bertz CT molecular complexity index is 700. The van der Waals surface area contributed by atoms with Crippen LogP contribution in [-0.2, 0) is 4.74 Å². The average molecular weight is 319 g/mol. The maximum atomic E-state index is 9.07. The number of methoxy groups -OCH3 is 1. The highest BCUT2D eigenvalue weighted by Gasteiger charge is 2.23. The lowest BCUT2D eigenvalue weighted by atomic mass is 10.0. The number of aromatic nitrogens is 4. The second-order valence-electron chi connectivity index (χ2n) is 5.51. The third-order valence-electron chi connectivity index (χ3n) is 3.94. The van der Waals surface area contributed by atoms with Gasteiger partial charge in [0.2, 0.25) is 11.8 Å². The van der Waals surface area contributed by atoms with Gasteiger partial charge in [-0.15, -0.1) is 0 Å². The Labute approximate surface area is 134 Å². The number of hydrogen-bond acceptors (Lipinski definition) is 7. The molecule has 3 rings (SSSR count). The molecule has 0 fully saturated rings. The number of imidazole rings is 1. The fraction of sp³-hybridized carbons (Fsp3) is 0.533. The molecule has 2 heterocycles. The molecule has 0 aliphatic heterocycles. The molecule has 0 aromatic carbocycles. The first kappa shape index (κ1) is 15.7. The van der Waals surface area contributed by atoms with Crippen LogP contribution >= 0.6 is 0 Å². The standard InChI is InChI=1S/C15H21N5O3/c1-22-6-7-23-14-12-13(18-15(16)19-14)20(9-17-12)11-3-2-10(8-11)4-5-21/h2-3,9-11,21H,4-8H2,1H3,(H2,16,18,19)/t10-,11-/m0/s1. The molecule has 0 spiro atoms. The monoisotopic (exact) mass is 319 g/mol. The Morgan fingerprint density at radius 1 is 1.35 bits per heavy atom. The normalized spacial score (nSPS) is 20.4. The largest absolute Gasteiger partial charge is 0.474 e. The number of ether oxygens (including phenoxy) is 2. The van der Waals surface area contributed by atoms with Gasteiger partial charge in [0.15, 0.2) is 11.2 Å². The Morgan fingerprint density at radius 2 is 2.22 bits per heavy atom. The van der Waals surface area contributed by atoms with Gasteiger partial charge in [-0.2, -0.15) is 9.97 Å². The SMILES string of the molecule is COCCOc1nc(N)nc2c1ncn2[C@H]1C=C[C@@H](CCO)C1. The lowest BCUT2D eigenvalue weighted by Gasteiger charge is -2.13. The summed E-state index contributed by atoms with van der Waals surface area (Å²) in [5.41, 5.74) is 7.05. The fourth-order valence-corrected chi connectivity index (χ4v) is 2.81. The first-order valence-electron chi connectivity index (χ1n) is 7.64. The molecule has 0 bridgehead atoms. The number of rotatable bonds is 7. The highest BCUT2D eigenvalue weighted by atomic mass is 16.5. The van der Waals surface area contributed by atoms with E-state index >= 15 is 0 Å². The van der Waals surface area contributed by atoms with Gasteiger partial charge in [0.05, 0.1) is 19.0 Å². The average Bonchev–Trinajstić information content (AvgIpc) is 3.14. The third kappa shape index (κ3) is 3.27. The Morgan fingerprint density at radius 3 is 3.00 bits per heavy atom. The van der Waals surface area contributed by atoms with E-state index in [1.54, 1.807) is 13.4 Å². The molecule has 0 saturated carbocycles. The zero-order chi connectivity index (χ0) is 16.2. The van der Waals surface area contributed by atoms with E-state index < -0.39 is 0 Å². The summed E-state index contributed by atoms with van der Waals surface area (Å²) in [7, 11) is 1.61. The van der Waals surface area contributed by atoms with E-state index in [1.807, 2.05) is 4.57 Å². The van der Waals surface area contributed by atoms with Gasteiger partial charge < -0.3 is 24.9 Å². The number of nitrogen functional groups attached to an aromatic ring is 1. The van der Waals surface area contributed by atoms with E-state index in [4.69, 9.17) is 20.3 Å². The van der Waals surface area contributed by atoms with Gasteiger partial charge in [-0.25, -0.2) is 4.98 Å². The van der Waals surface area contributed by atoms with Gasteiger partial charge in [-0.1, -0.05) is 12.2 Å². The fourth-order valence-electron chi connectivity index (χ4n) is 2.81. The number of aliphatic hydroxyl groups is 1. The summed E-state index contributed by atoms with van der Waals surface area (Å²) < 4.78 is 12.5. The van der Waals surface area contributed by atoms with Gasteiger partial charge in [0.1, 0.15) is 6.61 Å². The molecule has 0 saturated heterocycles. The number of allylic oxidation sites excluding steroid dienone is 2. The molecule has 3 N–H and O–H groups in total. The predicted octanol–water partition coefficient (Wildman–Crippen LogP) is 0.933. The van der Waals surface area contributed by atoms with Crippen molar-refractivity contribution in [3.8, 4) is 5.88 Å². The number of aliphatic hydroxyl groups excluding tert-OH is 1. The van der Waals surface area contributed by atoms with Crippen LogP contribution in [0.4, 0.5) is 5.95 Å². The molecule has 2 atom stereocenters. The van der Waals surface area contributed by atoms with E-state index in [1.165, 1.54) is 0 Å². The van der Waals surface area contributed by atoms with Crippen molar-refractivity contribution in [3.05, 3.63) is 18.5 Å². The molecule has 1 aliphatic rings. The quantitative estimate of drug-likeness (QED) is 0.577. The molecule has 8 heteroatoms. The highest BCUT2D eigenvalue weighted by molar-refractivity contribution is 5.77. The summed E-state index contributed by atoms with van der Waals surface area (Å²) in [6.45, 7) is 1.02. The predicted molar refractivity (Wildman–Crippen MR) is 85.1 cm³/mol. The van der Waals surface area contributed by atoms with Crippen LogP contribution in [0.5, 0.6) is 5.88 Å². The molecule has 0 amide bonds. The van der Waals surface area contributed by atoms with Gasteiger partial charge in [-0.05, 0) is 18.8 Å². The van der Waals surface area contributed by atoms with Crippen molar-refractivity contribution >= 4 is 17.1 Å². The summed E-state index contributed by atoms with van der Waals surface area (Å²) >= 11 is 0. The topological polar surface area (TPSA) is 108 Å². The summed E-state index contributed by atoms with van der Waals surface area (Å²) in [4.78, 5) is 12.8. The van der Waals surface area contributed by atoms with E-state index in [0.29, 0.717) is 36.2 Å². The van der Waals surface area contributed by atoms with Gasteiger partial charge in [-0.3, -0.25) is 0 Å². The molecule has 2 aromatic heterocycles. The van der Waals surface area contributed by atoms with Crippen molar-refractivity contribution in [2.24, 2.45) is 5.92 Å². The summed E-state index contributed by atoms with van der Waals surface area (Å²) in [6, 6.07) is 0.151. The second kappa shape index (κ2) is 6.93. The minimum absolute atomic E-state index is 0.151. The summed E-state index contributed by atoms with van der Waals surface area (Å²) in [6.07, 6.45) is 7.66. The minimum atomic E-state index is 0.151. The van der Waals surface area contributed by atoms with E-state index in [9.17, 15) is 0 Å². The summed E-state index contributed by atoms with van der Waals surface area (Å²) in [5.74, 6) is 0.900. The molecular weight excluding hydrogens is 298 g/mol. The van der Waals surface area contributed by atoms with Crippen molar-refractivity contribution in [3.63, 3.8) is 0 Å². The first-order chi connectivity index (χ1) is 11.2. The van der Waals surface area contributed by atoms with Crippen LogP contribution in [0.15, 0.2) is 18.5 Å². The molecule has 8 nitrogen and oxygen atoms in total. The van der Waals surface area contributed by atoms with Gasteiger partial charge in [0.25, 0.3) is 0 Å². The highest BCUT2D eigenvalue weighted by Crippen LogP contribution is 2.33. The number of fused-ring (bicyclic) bond motifs is 1. The van der Waals surface area contributed by atoms with Crippen molar-refractivity contribution in [1.82, 2.24) is 19.5 Å². The van der Waals surface area contributed by atoms with Crippen LogP contribution in [0, 0.1) is 5.92 Å². The zero-order valence-corrected chi connectivity index (χ0v) is 13.1. The van der Waals surface area contributed by atoms with Crippen LogP contribution in [0.3, 0.4) is 0 Å². The molecule has 0 radical (unpaired) electrons. The minimum Gasteiger partial charge on any atom is -0.474 e. The van der Waals surface area contributed by atoms with Crippen molar-refractivity contribution in [2.45, 2.75) is 18.9 Å². The van der Waals surface area contributed by atoms with Crippen LogP contribution in [-0.4, -0.2) is 51.6 Å². The van der Waals surface area contributed by atoms with E-state index in [-0.39, 0.29) is 18.6 Å². The molecule has 124 valence electrons. The van der Waals surface area contributed by atoms with Gasteiger partial charge >= 0.3 is 0 Å². The van der Waals surface area contributed by atoms with E-state index in [0.717, 1.165) is 12.8 Å². The Hall–Kier alpha value is -2.19.